The smallest absolute Gasteiger partial charge is 0.0266 e. The molecule has 0 bridgehead atoms. The van der Waals surface area contributed by atoms with Gasteiger partial charge in [-0.25, -0.2) is 0 Å². The van der Waals surface area contributed by atoms with Crippen LogP contribution in [0.1, 0.15) is 12.5 Å². The molecular weight excluding hydrogens is 192 g/mol. The molecule has 78 valence electrons. The van der Waals surface area contributed by atoms with Gasteiger partial charge in [-0.15, -0.1) is 0 Å². The number of benzene rings is 1. The summed E-state index contributed by atoms with van der Waals surface area (Å²) in [5.74, 6) is 0. The molecule has 2 nitrogen and oxygen atoms in total. The van der Waals surface area contributed by atoms with Crippen molar-refractivity contribution in [3.8, 4) is 0 Å². The standard InChI is InChI=1S/C11H18N2S/c1-10(13-14)9-12-8-7-11-5-3-2-4-6-11/h2-6,10,12-14H,7-9H2,1H3. The van der Waals surface area contributed by atoms with Crippen molar-refractivity contribution in [2.24, 2.45) is 0 Å². The van der Waals surface area contributed by atoms with Gasteiger partial charge in [0, 0.05) is 12.6 Å². The third-order valence-electron chi connectivity index (χ3n) is 2.10. The van der Waals surface area contributed by atoms with E-state index in [1.807, 2.05) is 6.07 Å². The molecule has 1 aromatic carbocycles. The lowest BCUT2D eigenvalue weighted by atomic mass is 10.1. The van der Waals surface area contributed by atoms with E-state index in [0.717, 1.165) is 19.5 Å². The van der Waals surface area contributed by atoms with Crippen LogP contribution in [0, 0.1) is 0 Å². The first-order valence-electron chi connectivity index (χ1n) is 4.97. The molecule has 0 amide bonds. The number of hydrogen-bond donors (Lipinski definition) is 3. The van der Waals surface area contributed by atoms with E-state index >= 15 is 0 Å². The molecule has 0 saturated heterocycles. The van der Waals surface area contributed by atoms with Gasteiger partial charge < -0.3 is 5.32 Å². The minimum atomic E-state index is 0.411. The highest BCUT2D eigenvalue weighted by molar-refractivity contribution is 7.78. The van der Waals surface area contributed by atoms with Crippen LogP contribution in [-0.4, -0.2) is 19.1 Å². The van der Waals surface area contributed by atoms with Crippen LogP contribution in [-0.2, 0) is 6.42 Å². The summed E-state index contributed by atoms with van der Waals surface area (Å²) in [5, 5.41) is 3.37. The second-order valence-corrected chi connectivity index (χ2v) is 3.73. The lowest BCUT2D eigenvalue weighted by molar-refractivity contribution is 0.587. The summed E-state index contributed by atoms with van der Waals surface area (Å²) >= 11 is 4.00. The average molecular weight is 210 g/mol. The molecule has 0 aliphatic carbocycles. The number of nitrogens with one attached hydrogen (secondary N) is 2. The molecule has 14 heavy (non-hydrogen) atoms. The summed E-state index contributed by atoms with van der Waals surface area (Å²) in [6.07, 6.45) is 1.08. The molecule has 2 N–H and O–H groups in total. The van der Waals surface area contributed by atoms with E-state index < -0.39 is 0 Å². The van der Waals surface area contributed by atoms with Crippen LogP contribution in [0.3, 0.4) is 0 Å². The van der Waals surface area contributed by atoms with Gasteiger partial charge >= 0.3 is 0 Å². The molecule has 0 heterocycles. The monoisotopic (exact) mass is 210 g/mol. The van der Waals surface area contributed by atoms with E-state index in [-0.39, 0.29) is 0 Å². The van der Waals surface area contributed by atoms with E-state index in [9.17, 15) is 0 Å². The van der Waals surface area contributed by atoms with Crippen LogP contribution < -0.4 is 10.0 Å². The van der Waals surface area contributed by atoms with Gasteiger partial charge in [0.1, 0.15) is 0 Å². The highest BCUT2D eigenvalue weighted by Crippen LogP contribution is 1.97. The fourth-order valence-electron chi connectivity index (χ4n) is 1.24. The van der Waals surface area contributed by atoms with Crippen LogP contribution in [0.2, 0.25) is 0 Å². The van der Waals surface area contributed by atoms with Gasteiger partial charge in [-0.2, -0.15) is 0 Å². The van der Waals surface area contributed by atoms with Crippen molar-refractivity contribution >= 4 is 12.8 Å². The Morgan fingerprint density at radius 2 is 2.00 bits per heavy atom. The van der Waals surface area contributed by atoms with Crippen molar-refractivity contribution in [3.05, 3.63) is 35.9 Å². The molecule has 0 aliphatic rings. The third kappa shape index (κ3) is 4.65. The Balaban J connectivity index is 2.10. The maximum atomic E-state index is 4.00. The van der Waals surface area contributed by atoms with E-state index in [2.05, 4.69) is 54.0 Å². The zero-order valence-electron chi connectivity index (χ0n) is 8.53. The van der Waals surface area contributed by atoms with E-state index in [1.165, 1.54) is 5.56 Å². The van der Waals surface area contributed by atoms with Gasteiger partial charge in [0.25, 0.3) is 0 Å². The summed E-state index contributed by atoms with van der Waals surface area (Å²) in [7, 11) is 0. The SMILES string of the molecule is CC(CNCCc1ccccc1)NS. The van der Waals surface area contributed by atoms with Crippen molar-refractivity contribution in [2.45, 2.75) is 19.4 Å². The van der Waals surface area contributed by atoms with Crippen molar-refractivity contribution in [3.63, 3.8) is 0 Å². The Morgan fingerprint density at radius 1 is 1.29 bits per heavy atom. The molecule has 0 spiro atoms. The Kier molecular flexibility index (Phi) is 5.68. The number of thiol groups is 1. The van der Waals surface area contributed by atoms with Crippen LogP contribution in [0.25, 0.3) is 0 Å². The van der Waals surface area contributed by atoms with E-state index in [1.54, 1.807) is 0 Å². The van der Waals surface area contributed by atoms with Gasteiger partial charge in [-0.3, -0.25) is 4.72 Å². The van der Waals surface area contributed by atoms with Gasteiger partial charge in [0.05, 0.1) is 0 Å². The van der Waals surface area contributed by atoms with Gasteiger partial charge in [0.2, 0.25) is 0 Å². The maximum absolute atomic E-state index is 4.00. The molecule has 3 heteroatoms. The van der Waals surface area contributed by atoms with Crippen molar-refractivity contribution in [2.75, 3.05) is 13.1 Å². The summed E-state index contributed by atoms with van der Waals surface area (Å²) in [6, 6.07) is 10.9. The van der Waals surface area contributed by atoms with E-state index in [4.69, 9.17) is 0 Å². The predicted molar refractivity (Wildman–Crippen MR) is 64.6 cm³/mol. The van der Waals surface area contributed by atoms with Crippen LogP contribution in [0.4, 0.5) is 0 Å². The normalized spacial score (nSPS) is 12.7. The molecule has 1 aromatic rings. The molecular formula is C11H18N2S. The second kappa shape index (κ2) is 6.87. The third-order valence-corrected chi connectivity index (χ3v) is 2.54. The molecule has 1 rings (SSSR count). The minimum absolute atomic E-state index is 0.411. The lowest BCUT2D eigenvalue weighted by Gasteiger charge is -2.10. The van der Waals surface area contributed by atoms with Crippen LogP contribution in [0.15, 0.2) is 30.3 Å². The van der Waals surface area contributed by atoms with E-state index in [0.29, 0.717) is 6.04 Å². The van der Waals surface area contributed by atoms with Gasteiger partial charge in [-0.1, -0.05) is 43.1 Å². The molecule has 0 aromatic heterocycles. The Hall–Kier alpha value is -0.510. The molecule has 0 fully saturated rings. The fourth-order valence-corrected chi connectivity index (χ4v) is 1.33. The zero-order valence-corrected chi connectivity index (χ0v) is 9.43. The van der Waals surface area contributed by atoms with Crippen LogP contribution in [0.5, 0.6) is 0 Å². The van der Waals surface area contributed by atoms with Crippen molar-refractivity contribution in [1.29, 1.82) is 0 Å². The second-order valence-electron chi connectivity index (χ2n) is 3.47. The summed E-state index contributed by atoms with van der Waals surface area (Å²) in [5.41, 5.74) is 1.38. The molecule has 0 aliphatic heterocycles. The number of hydrogen-bond acceptors (Lipinski definition) is 3. The molecule has 0 radical (unpaired) electrons. The molecule has 1 unspecified atom stereocenters. The highest BCUT2D eigenvalue weighted by Gasteiger charge is 1.96. The maximum Gasteiger partial charge on any atom is 0.0266 e. The molecule has 1 atom stereocenters. The topological polar surface area (TPSA) is 24.1 Å². The number of rotatable bonds is 6. The first-order valence-corrected chi connectivity index (χ1v) is 5.42. The Bertz CT molecular complexity index is 238. The summed E-state index contributed by atoms with van der Waals surface area (Å²) in [6.45, 7) is 4.07. The minimum Gasteiger partial charge on any atom is -0.315 e. The van der Waals surface area contributed by atoms with Crippen LogP contribution >= 0.6 is 12.8 Å². The zero-order chi connectivity index (χ0) is 10.2. The first-order chi connectivity index (χ1) is 6.83. The van der Waals surface area contributed by atoms with Gasteiger partial charge in [0.15, 0.2) is 0 Å². The quantitative estimate of drug-likeness (QED) is 0.491. The highest BCUT2D eigenvalue weighted by atomic mass is 32.1. The summed E-state index contributed by atoms with van der Waals surface area (Å²) < 4.78 is 2.90. The first kappa shape index (κ1) is 11.6. The largest absolute Gasteiger partial charge is 0.315 e. The fraction of sp³-hybridized carbons (Fsp3) is 0.455. The average Bonchev–Trinajstić information content (AvgIpc) is 2.25. The van der Waals surface area contributed by atoms with Crippen molar-refractivity contribution < 1.29 is 0 Å². The lowest BCUT2D eigenvalue weighted by Crippen LogP contribution is -2.32. The van der Waals surface area contributed by atoms with Gasteiger partial charge in [-0.05, 0) is 25.5 Å². The Morgan fingerprint density at radius 3 is 2.64 bits per heavy atom. The van der Waals surface area contributed by atoms with Crippen molar-refractivity contribution in [1.82, 2.24) is 10.0 Å². The Labute approximate surface area is 91.6 Å². The predicted octanol–water partition coefficient (Wildman–Crippen LogP) is 1.64. The summed E-state index contributed by atoms with van der Waals surface area (Å²) in [4.78, 5) is 0. The molecule has 0 saturated carbocycles.